The monoisotopic (exact) mass is 396 g/mol. The fraction of sp³-hybridized carbons (Fsp3) is 0.400. The minimum atomic E-state index is 0.133. The maximum Gasteiger partial charge on any atom is 0.225 e. The van der Waals surface area contributed by atoms with Crippen LogP contribution in [0.1, 0.15) is 24.1 Å². The van der Waals surface area contributed by atoms with E-state index in [1.165, 1.54) is 4.88 Å². The first-order chi connectivity index (χ1) is 13.7. The molecule has 0 radical (unpaired) electrons. The largest absolute Gasteiger partial charge is 0.352 e. The van der Waals surface area contributed by atoms with Crippen molar-refractivity contribution in [1.82, 2.24) is 25.1 Å². The predicted molar refractivity (Wildman–Crippen MR) is 110 cm³/mol. The van der Waals surface area contributed by atoms with Crippen LogP contribution >= 0.6 is 11.3 Å². The SMILES string of the molecule is Cn1cc(-c2ccnc(N3CCC(NC(=O)CCCc4cccs4)C3)n2)cn1. The fourth-order valence-electron chi connectivity index (χ4n) is 3.45. The molecule has 0 saturated carbocycles. The van der Waals surface area contributed by atoms with Gasteiger partial charge in [-0.25, -0.2) is 9.97 Å². The van der Waals surface area contributed by atoms with Gasteiger partial charge < -0.3 is 10.2 Å². The van der Waals surface area contributed by atoms with Gasteiger partial charge in [0, 0.05) is 55.4 Å². The van der Waals surface area contributed by atoms with E-state index in [1.54, 1.807) is 28.4 Å². The molecule has 1 fully saturated rings. The van der Waals surface area contributed by atoms with Gasteiger partial charge in [-0.15, -0.1) is 11.3 Å². The molecule has 3 aromatic heterocycles. The number of amides is 1. The van der Waals surface area contributed by atoms with Crippen molar-refractivity contribution in [2.75, 3.05) is 18.0 Å². The number of anilines is 1. The van der Waals surface area contributed by atoms with Crippen molar-refractivity contribution in [2.45, 2.75) is 31.7 Å². The molecule has 0 aromatic carbocycles. The van der Waals surface area contributed by atoms with Crippen molar-refractivity contribution in [3.8, 4) is 11.3 Å². The van der Waals surface area contributed by atoms with Crippen LogP contribution in [0, 0.1) is 0 Å². The summed E-state index contributed by atoms with van der Waals surface area (Å²) in [4.78, 5) is 24.8. The number of hydrogen-bond donors (Lipinski definition) is 1. The summed E-state index contributed by atoms with van der Waals surface area (Å²) in [6.45, 7) is 1.59. The first-order valence-electron chi connectivity index (χ1n) is 9.56. The molecule has 1 atom stereocenters. The normalized spacial score (nSPS) is 16.5. The molecule has 0 spiro atoms. The predicted octanol–water partition coefficient (Wildman–Crippen LogP) is 2.66. The van der Waals surface area contributed by atoms with E-state index in [0.717, 1.165) is 43.6 Å². The van der Waals surface area contributed by atoms with Crippen LogP contribution in [0.15, 0.2) is 42.2 Å². The van der Waals surface area contributed by atoms with Crippen LogP contribution in [-0.2, 0) is 18.3 Å². The Morgan fingerprint density at radius 2 is 2.32 bits per heavy atom. The van der Waals surface area contributed by atoms with E-state index in [0.29, 0.717) is 12.4 Å². The smallest absolute Gasteiger partial charge is 0.225 e. The number of nitrogens with zero attached hydrogens (tertiary/aromatic N) is 5. The third kappa shape index (κ3) is 4.56. The van der Waals surface area contributed by atoms with Crippen LogP contribution in [0.4, 0.5) is 5.95 Å². The van der Waals surface area contributed by atoms with Gasteiger partial charge in [0.15, 0.2) is 0 Å². The first-order valence-corrected chi connectivity index (χ1v) is 10.4. The average molecular weight is 397 g/mol. The summed E-state index contributed by atoms with van der Waals surface area (Å²) in [7, 11) is 1.89. The number of carbonyl (C=O) groups is 1. The van der Waals surface area contributed by atoms with E-state index in [2.05, 4.69) is 42.8 Å². The molecular weight excluding hydrogens is 372 g/mol. The lowest BCUT2D eigenvalue weighted by atomic mass is 10.2. The van der Waals surface area contributed by atoms with Crippen LogP contribution in [0.5, 0.6) is 0 Å². The van der Waals surface area contributed by atoms with E-state index in [9.17, 15) is 4.79 Å². The van der Waals surface area contributed by atoms with Gasteiger partial charge in [0.1, 0.15) is 0 Å². The Bertz CT molecular complexity index is 922. The van der Waals surface area contributed by atoms with E-state index < -0.39 is 0 Å². The van der Waals surface area contributed by atoms with Crippen LogP contribution in [0.25, 0.3) is 11.3 Å². The van der Waals surface area contributed by atoms with Crippen molar-refractivity contribution >= 4 is 23.2 Å². The van der Waals surface area contributed by atoms with E-state index in [-0.39, 0.29) is 11.9 Å². The first kappa shape index (κ1) is 18.6. The Hall–Kier alpha value is -2.74. The zero-order valence-electron chi connectivity index (χ0n) is 15.9. The van der Waals surface area contributed by atoms with E-state index in [1.807, 2.05) is 19.3 Å². The lowest BCUT2D eigenvalue weighted by Gasteiger charge is -2.17. The molecule has 1 saturated heterocycles. The Labute approximate surface area is 168 Å². The maximum atomic E-state index is 12.2. The molecule has 3 aromatic rings. The lowest BCUT2D eigenvalue weighted by Crippen LogP contribution is -2.37. The number of nitrogens with one attached hydrogen (secondary N) is 1. The summed E-state index contributed by atoms with van der Waals surface area (Å²) in [5, 5.41) is 9.44. The molecule has 8 heteroatoms. The van der Waals surface area contributed by atoms with Crippen LogP contribution in [0.3, 0.4) is 0 Å². The van der Waals surface area contributed by atoms with Crippen molar-refractivity contribution in [2.24, 2.45) is 7.05 Å². The van der Waals surface area contributed by atoms with Gasteiger partial charge in [0.25, 0.3) is 0 Å². The summed E-state index contributed by atoms with van der Waals surface area (Å²) in [6.07, 6.45) is 8.86. The lowest BCUT2D eigenvalue weighted by molar-refractivity contribution is -0.121. The molecule has 146 valence electrons. The quantitative estimate of drug-likeness (QED) is 0.664. The van der Waals surface area contributed by atoms with Gasteiger partial charge in [0.2, 0.25) is 11.9 Å². The van der Waals surface area contributed by atoms with Gasteiger partial charge in [-0.3, -0.25) is 9.48 Å². The maximum absolute atomic E-state index is 12.2. The van der Waals surface area contributed by atoms with Gasteiger partial charge in [-0.05, 0) is 36.8 Å². The van der Waals surface area contributed by atoms with Crippen molar-refractivity contribution < 1.29 is 4.79 Å². The zero-order valence-corrected chi connectivity index (χ0v) is 16.7. The van der Waals surface area contributed by atoms with Gasteiger partial charge in [0.05, 0.1) is 11.9 Å². The standard InChI is InChI=1S/C20H24N6OS/c1-25-13-15(12-22-25)18-7-9-21-20(24-18)26-10-8-16(14-26)23-19(27)6-2-4-17-5-3-11-28-17/h3,5,7,9,11-13,16H,2,4,6,8,10,14H2,1H3,(H,23,27). The Kier molecular flexibility index (Phi) is 5.66. The molecule has 28 heavy (non-hydrogen) atoms. The van der Waals surface area contributed by atoms with Gasteiger partial charge >= 0.3 is 0 Å². The second-order valence-electron chi connectivity index (χ2n) is 7.08. The molecule has 1 N–H and O–H groups in total. The summed E-state index contributed by atoms with van der Waals surface area (Å²) in [5.41, 5.74) is 1.83. The molecular formula is C20H24N6OS. The number of rotatable bonds is 7. The van der Waals surface area contributed by atoms with Gasteiger partial charge in [-0.1, -0.05) is 6.07 Å². The number of aryl methyl sites for hydroxylation is 2. The molecule has 1 aliphatic heterocycles. The molecule has 0 bridgehead atoms. The van der Waals surface area contributed by atoms with Crippen LogP contribution in [-0.4, -0.2) is 44.8 Å². The van der Waals surface area contributed by atoms with Crippen molar-refractivity contribution in [3.63, 3.8) is 0 Å². The zero-order chi connectivity index (χ0) is 19.3. The fourth-order valence-corrected chi connectivity index (χ4v) is 4.20. The third-order valence-electron chi connectivity index (χ3n) is 4.89. The molecule has 4 heterocycles. The highest BCUT2D eigenvalue weighted by Gasteiger charge is 2.25. The van der Waals surface area contributed by atoms with Crippen molar-refractivity contribution in [3.05, 3.63) is 47.0 Å². The Balaban J connectivity index is 1.28. The van der Waals surface area contributed by atoms with Crippen LogP contribution < -0.4 is 10.2 Å². The molecule has 1 unspecified atom stereocenters. The molecule has 1 aliphatic rings. The average Bonchev–Trinajstić information content (AvgIpc) is 3.44. The van der Waals surface area contributed by atoms with E-state index >= 15 is 0 Å². The topological polar surface area (TPSA) is 75.9 Å². The van der Waals surface area contributed by atoms with E-state index in [4.69, 9.17) is 0 Å². The highest BCUT2D eigenvalue weighted by molar-refractivity contribution is 7.09. The number of aromatic nitrogens is 4. The molecule has 4 rings (SSSR count). The van der Waals surface area contributed by atoms with Gasteiger partial charge in [-0.2, -0.15) is 5.10 Å². The molecule has 7 nitrogen and oxygen atoms in total. The summed E-state index contributed by atoms with van der Waals surface area (Å²) < 4.78 is 1.76. The summed E-state index contributed by atoms with van der Waals surface area (Å²) in [6, 6.07) is 6.22. The molecule has 0 aliphatic carbocycles. The number of thiophene rings is 1. The minimum absolute atomic E-state index is 0.133. The highest BCUT2D eigenvalue weighted by Crippen LogP contribution is 2.21. The second kappa shape index (κ2) is 8.52. The number of hydrogen-bond acceptors (Lipinski definition) is 6. The highest BCUT2D eigenvalue weighted by atomic mass is 32.1. The minimum Gasteiger partial charge on any atom is -0.352 e. The molecule has 1 amide bonds. The van der Waals surface area contributed by atoms with Crippen molar-refractivity contribution in [1.29, 1.82) is 0 Å². The number of carbonyl (C=O) groups excluding carboxylic acids is 1. The summed E-state index contributed by atoms with van der Waals surface area (Å²) in [5.74, 6) is 0.837. The Morgan fingerprint density at radius 1 is 1.39 bits per heavy atom. The Morgan fingerprint density at radius 3 is 3.11 bits per heavy atom. The second-order valence-corrected chi connectivity index (χ2v) is 8.11. The summed E-state index contributed by atoms with van der Waals surface area (Å²) >= 11 is 1.75. The third-order valence-corrected chi connectivity index (χ3v) is 5.82. The van der Waals surface area contributed by atoms with Crippen LogP contribution in [0.2, 0.25) is 0 Å².